The normalized spacial score (nSPS) is 13.8. The Morgan fingerprint density at radius 3 is 2.72 bits per heavy atom. The van der Waals surface area contributed by atoms with Gasteiger partial charge in [-0.15, -0.1) is 0 Å². The monoisotopic (exact) mass is 430 g/mol. The minimum Gasteiger partial charge on any atom is -0.464 e. The molecule has 1 fully saturated rings. The number of amides is 2. The molecular formula is C15H16F2N6O5S. The van der Waals surface area contributed by atoms with Crippen molar-refractivity contribution in [1.29, 1.82) is 0 Å². The van der Waals surface area contributed by atoms with E-state index in [1.807, 2.05) is 0 Å². The predicted molar refractivity (Wildman–Crippen MR) is 93.2 cm³/mol. The van der Waals surface area contributed by atoms with E-state index in [0.717, 1.165) is 25.1 Å². The molecule has 1 saturated carbocycles. The third-order valence-electron chi connectivity index (χ3n) is 3.51. The number of hydrogen-bond donors (Lipinski definition) is 2. The van der Waals surface area contributed by atoms with E-state index in [9.17, 15) is 22.0 Å². The van der Waals surface area contributed by atoms with Gasteiger partial charge in [0.1, 0.15) is 5.82 Å². The Morgan fingerprint density at radius 2 is 2.07 bits per heavy atom. The van der Waals surface area contributed by atoms with E-state index in [-0.39, 0.29) is 24.5 Å². The summed E-state index contributed by atoms with van der Waals surface area (Å²) in [6.07, 6.45) is 2.80. The van der Waals surface area contributed by atoms with E-state index < -0.39 is 33.4 Å². The number of halogens is 2. The molecule has 0 aliphatic heterocycles. The molecule has 2 heterocycles. The molecule has 0 bridgehead atoms. The molecule has 0 aromatic carbocycles. The van der Waals surface area contributed by atoms with Crippen LogP contribution in [-0.2, 0) is 10.0 Å². The zero-order valence-corrected chi connectivity index (χ0v) is 15.8. The minimum absolute atomic E-state index is 0.0140. The molecule has 11 nitrogen and oxygen atoms in total. The van der Waals surface area contributed by atoms with Gasteiger partial charge in [0.2, 0.25) is 11.0 Å². The number of pyridine rings is 1. The van der Waals surface area contributed by atoms with Crippen LogP contribution in [-0.4, -0.2) is 47.6 Å². The zero-order chi connectivity index (χ0) is 21.0. The van der Waals surface area contributed by atoms with Crippen molar-refractivity contribution in [3.63, 3.8) is 0 Å². The maximum absolute atomic E-state index is 12.5. The summed E-state index contributed by atoms with van der Waals surface area (Å²) in [5, 5.41) is 1.29. The number of aromatic nitrogens is 4. The van der Waals surface area contributed by atoms with E-state index >= 15 is 0 Å². The number of carbonyl (C=O) groups excluding carboxylic acids is 1. The SMILES string of the molecule is CCOc1nc(NC(=O)NS(=O)(=O)c2ncccc2OC(F)F)nc(C2CC2)n1. The van der Waals surface area contributed by atoms with Gasteiger partial charge in [-0.25, -0.2) is 14.5 Å². The van der Waals surface area contributed by atoms with Gasteiger partial charge >= 0.3 is 18.7 Å². The van der Waals surface area contributed by atoms with Crippen molar-refractivity contribution >= 4 is 22.0 Å². The average molecular weight is 430 g/mol. The highest BCUT2D eigenvalue weighted by Crippen LogP contribution is 2.38. The van der Waals surface area contributed by atoms with Crippen LogP contribution in [0.25, 0.3) is 0 Å². The maximum atomic E-state index is 12.5. The third-order valence-corrected chi connectivity index (χ3v) is 4.78. The number of rotatable bonds is 8. The average Bonchev–Trinajstić information content (AvgIpc) is 3.46. The van der Waals surface area contributed by atoms with Crippen molar-refractivity contribution in [3.8, 4) is 11.8 Å². The molecular weight excluding hydrogens is 414 g/mol. The minimum atomic E-state index is -4.62. The highest BCUT2D eigenvalue weighted by atomic mass is 32.2. The lowest BCUT2D eigenvalue weighted by Gasteiger charge is -2.11. The number of anilines is 1. The van der Waals surface area contributed by atoms with Gasteiger partial charge in [-0.1, -0.05) is 0 Å². The number of urea groups is 1. The van der Waals surface area contributed by atoms with Gasteiger partial charge in [0.15, 0.2) is 5.75 Å². The molecule has 3 rings (SSSR count). The van der Waals surface area contributed by atoms with Crippen LogP contribution in [0.4, 0.5) is 19.5 Å². The van der Waals surface area contributed by atoms with E-state index in [1.54, 1.807) is 11.6 Å². The third kappa shape index (κ3) is 5.43. The van der Waals surface area contributed by atoms with Gasteiger partial charge < -0.3 is 9.47 Å². The second-order valence-corrected chi connectivity index (χ2v) is 7.35. The first kappa shape index (κ1) is 20.6. The predicted octanol–water partition coefficient (Wildman–Crippen LogP) is 1.65. The van der Waals surface area contributed by atoms with Crippen molar-refractivity contribution in [1.82, 2.24) is 24.7 Å². The van der Waals surface area contributed by atoms with E-state index in [1.165, 1.54) is 6.07 Å². The molecule has 14 heteroatoms. The van der Waals surface area contributed by atoms with Gasteiger partial charge in [-0.05, 0) is 31.9 Å². The van der Waals surface area contributed by atoms with E-state index in [2.05, 4.69) is 30.0 Å². The molecule has 0 saturated heterocycles. The first-order valence-electron chi connectivity index (χ1n) is 8.41. The Morgan fingerprint density at radius 1 is 1.31 bits per heavy atom. The fraction of sp³-hybridized carbons (Fsp3) is 0.400. The van der Waals surface area contributed by atoms with Crippen LogP contribution in [0.1, 0.15) is 31.5 Å². The molecule has 156 valence electrons. The number of hydrogen-bond acceptors (Lipinski definition) is 9. The van der Waals surface area contributed by atoms with Crippen LogP contribution in [0.3, 0.4) is 0 Å². The van der Waals surface area contributed by atoms with Gasteiger partial charge in [-0.2, -0.15) is 32.2 Å². The lowest BCUT2D eigenvalue weighted by atomic mass is 10.4. The summed E-state index contributed by atoms with van der Waals surface area (Å²) < 4.78 is 60.6. The summed E-state index contributed by atoms with van der Waals surface area (Å²) in [6.45, 7) is -1.27. The van der Waals surface area contributed by atoms with Crippen LogP contribution in [0, 0.1) is 0 Å². The standard InChI is InChI=1S/C15H16F2N6O5S/c1-2-27-15-20-10(8-5-6-8)19-13(22-15)21-14(24)23-29(25,26)11-9(28-12(16)17)4-3-7-18-11/h3-4,7-8,12H,2,5-6H2,1H3,(H2,19,20,21,22,23,24). The summed E-state index contributed by atoms with van der Waals surface area (Å²) in [5.74, 6) is -0.396. The Labute approximate surface area is 163 Å². The summed E-state index contributed by atoms with van der Waals surface area (Å²) in [5.41, 5.74) is 0. The summed E-state index contributed by atoms with van der Waals surface area (Å²) in [6, 6.07) is 0.943. The van der Waals surface area contributed by atoms with Crippen molar-refractivity contribution in [3.05, 3.63) is 24.2 Å². The zero-order valence-electron chi connectivity index (χ0n) is 15.0. The van der Waals surface area contributed by atoms with Gasteiger partial charge in [0.25, 0.3) is 10.0 Å². The van der Waals surface area contributed by atoms with Crippen LogP contribution in [0.2, 0.25) is 0 Å². The second-order valence-electron chi connectivity index (χ2n) is 5.75. The molecule has 0 radical (unpaired) electrons. The number of nitrogens with one attached hydrogen (secondary N) is 2. The van der Waals surface area contributed by atoms with Gasteiger partial charge in [0.05, 0.1) is 6.61 Å². The van der Waals surface area contributed by atoms with Crippen LogP contribution in [0.5, 0.6) is 11.8 Å². The van der Waals surface area contributed by atoms with Crippen molar-refractivity contribution in [2.45, 2.75) is 37.3 Å². The van der Waals surface area contributed by atoms with Crippen LogP contribution >= 0.6 is 0 Å². The Hall–Kier alpha value is -3.16. The number of ether oxygens (including phenoxy) is 2. The maximum Gasteiger partial charge on any atom is 0.387 e. The van der Waals surface area contributed by atoms with Gasteiger partial charge in [0, 0.05) is 12.1 Å². The summed E-state index contributed by atoms with van der Waals surface area (Å²) in [7, 11) is -4.62. The molecule has 29 heavy (non-hydrogen) atoms. The first-order valence-corrected chi connectivity index (χ1v) is 9.89. The summed E-state index contributed by atoms with van der Waals surface area (Å²) in [4.78, 5) is 27.7. The lowest BCUT2D eigenvalue weighted by molar-refractivity contribution is -0.0521. The molecule has 1 aliphatic rings. The molecule has 0 atom stereocenters. The molecule has 0 unspecified atom stereocenters. The lowest BCUT2D eigenvalue weighted by Crippen LogP contribution is -2.35. The molecule has 0 spiro atoms. The molecule has 2 amide bonds. The van der Waals surface area contributed by atoms with E-state index in [0.29, 0.717) is 5.82 Å². The van der Waals surface area contributed by atoms with E-state index in [4.69, 9.17) is 4.74 Å². The fourth-order valence-electron chi connectivity index (χ4n) is 2.21. The van der Waals surface area contributed by atoms with Crippen molar-refractivity contribution in [2.75, 3.05) is 11.9 Å². The quantitative estimate of drug-likeness (QED) is 0.638. The summed E-state index contributed by atoms with van der Waals surface area (Å²) >= 11 is 0. The van der Waals surface area contributed by atoms with Gasteiger partial charge in [-0.3, -0.25) is 5.32 Å². The highest BCUT2D eigenvalue weighted by Gasteiger charge is 2.29. The highest BCUT2D eigenvalue weighted by molar-refractivity contribution is 7.90. The fourth-order valence-corrected chi connectivity index (χ4v) is 3.18. The number of sulfonamides is 1. The molecule has 2 aromatic rings. The first-order chi connectivity index (χ1) is 13.8. The Kier molecular flexibility index (Phi) is 6.00. The molecule has 2 aromatic heterocycles. The van der Waals surface area contributed by atoms with Crippen molar-refractivity contribution in [2.24, 2.45) is 0 Å². The smallest absolute Gasteiger partial charge is 0.387 e. The number of alkyl halides is 2. The molecule has 2 N–H and O–H groups in total. The van der Waals surface area contributed by atoms with Crippen molar-refractivity contribution < 1.29 is 31.5 Å². The number of carbonyl (C=O) groups is 1. The number of nitrogens with zero attached hydrogens (tertiary/aromatic N) is 4. The second kappa shape index (κ2) is 8.46. The molecule has 1 aliphatic carbocycles. The Balaban J connectivity index is 1.77. The Bertz CT molecular complexity index is 1000. The van der Waals surface area contributed by atoms with Crippen LogP contribution in [0.15, 0.2) is 23.4 Å². The van der Waals surface area contributed by atoms with Crippen LogP contribution < -0.4 is 19.5 Å². The topological polar surface area (TPSA) is 145 Å². The largest absolute Gasteiger partial charge is 0.464 e.